The van der Waals surface area contributed by atoms with Crippen LogP contribution in [0.5, 0.6) is 0 Å². The maximum Gasteiger partial charge on any atom is 0.0264 e. The summed E-state index contributed by atoms with van der Waals surface area (Å²) in [4.78, 5) is 3.98. The first kappa shape index (κ1) is 12.2. The van der Waals surface area contributed by atoms with Crippen molar-refractivity contribution in [2.45, 2.75) is 46.5 Å². The van der Waals surface area contributed by atoms with Crippen LogP contribution < -0.4 is 0 Å². The number of aliphatic imine (C=N–C) groups is 1. The Morgan fingerprint density at radius 1 is 1.31 bits per heavy atom. The average Bonchev–Trinajstić information content (AvgIpc) is 2.35. The van der Waals surface area contributed by atoms with Gasteiger partial charge in [-0.05, 0) is 19.4 Å². The topological polar surface area (TPSA) is 12.4 Å². The summed E-state index contributed by atoms with van der Waals surface area (Å²) in [6.45, 7) is 6.50. The van der Waals surface area contributed by atoms with E-state index in [1.165, 1.54) is 24.8 Å². The Morgan fingerprint density at radius 2 is 2.00 bits per heavy atom. The molecule has 0 aromatic rings. The largest absolute Gasteiger partial charge is 0.265 e. The second-order valence-corrected chi connectivity index (χ2v) is 3.26. The molecule has 0 aromatic carbocycles. The molecule has 1 heteroatoms. The zero-order valence-corrected chi connectivity index (χ0v) is 9.09. The first-order valence-corrected chi connectivity index (χ1v) is 5.15. The summed E-state index contributed by atoms with van der Waals surface area (Å²) in [5, 5.41) is 0. The van der Waals surface area contributed by atoms with Crippen molar-refractivity contribution in [2.24, 2.45) is 4.99 Å². The zero-order valence-electron chi connectivity index (χ0n) is 9.09. The lowest BCUT2D eigenvalue weighted by Gasteiger charge is -1.85. The van der Waals surface area contributed by atoms with Crippen LogP contribution in [0.15, 0.2) is 28.9 Å². The molecule has 0 saturated carbocycles. The van der Waals surface area contributed by atoms with E-state index in [1.807, 2.05) is 12.3 Å². The third-order valence-electron chi connectivity index (χ3n) is 1.75. The molecule has 13 heavy (non-hydrogen) atoms. The summed E-state index contributed by atoms with van der Waals surface area (Å²) in [5.74, 6) is 0. The van der Waals surface area contributed by atoms with Crippen LogP contribution in [0.2, 0.25) is 0 Å². The summed E-state index contributed by atoms with van der Waals surface area (Å²) in [6, 6.07) is 0. The van der Waals surface area contributed by atoms with Gasteiger partial charge in [0.1, 0.15) is 0 Å². The standard InChI is InChI=1S/C7H9N.C5H12/c1-7-4-2-3-5-8-6-7;1-3-5-4-2/h2-3,5-6H,4H2,1H3;3-5H2,1-2H3. The van der Waals surface area contributed by atoms with Crippen LogP contribution in [-0.2, 0) is 0 Å². The van der Waals surface area contributed by atoms with Gasteiger partial charge in [0.25, 0.3) is 0 Å². The second-order valence-electron chi connectivity index (χ2n) is 3.26. The van der Waals surface area contributed by atoms with E-state index in [4.69, 9.17) is 0 Å². The molecule has 0 N–H and O–H groups in total. The number of hydrogen-bond donors (Lipinski definition) is 0. The molecule has 1 aliphatic rings. The van der Waals surface area contributed by atoms with E-state index < -0.39 is 0 Å². The Morgan fingerprint density at radius 3 is 2.54 bits per heavy atom. The maximum absolute atomic E-state index is 3.98. The summed E-state index contributed by atoms with van der Waals surface area (Å²) in [6.07, 6.45) is 12.9. The van der Waals surface area contributed by atoms with Crippen molar-refractivity contribution in [1.82, 2.24) is 0 Å². The predicted octanol–water partition coefficient (Wildman–Crippen LogP) is 4.12. The van der Waals surface area contributed by atoms with E-state index in [-0.39, 0.29) is 0 Å². The number of hydrogen-bond acceptors (Lipinski definition) is 1. The summed E-state index contributed by atoms with van der Waals surface area (Å²) in [7, 11) is 0. The Kier molecular flexibility index (Phi) is 8.64. The van der Waals surface area contributed by atoms with Gasteiger partial charge in [-0.25, -0.2) is 0 Å². The van der Waals surface area contributed by atoms with Crippen LogP contribution in [0.1, 0.15) is 46.5 Å². The smallest absolute Gasteiger partial charge is 0.0264 e. The van der Waals surface area contributed by atoms with Crippen LogP contribution in [0, 0.1) is 0 Å². The Labute approximate surface area is 82.3 Å². The lowest BCUT2D eigenvalue weighted by Crippen LogP contribution is -1.66. The summed E-state index contributed by atoms with van der Waals surface area (Å²) >= 11 is 0. The van der Waals surface area contributed by atoms with Gasteiger partial charge in [-0.3, -0.25) is 4.99 Å². The van der Waals surface area contributed by atoms with Gasteiger partial charge in [0.2, 0.25) is 0 Å². The van der Waals surface area contributed by atoms with Crippen molar-refractivity contribution in [1.29, 1.82) is 0 Å². The van der Waals surface area contributed by atoms with E-state index in [2.05, 4.69) is 31.8 Å². The molecule has 0 unspecified atom stereocenters. The molecule has 0 bridgehead atoms. The van der Waals surface area contributed by atoms with E-state index in [1.54, 1.807) is 6.21 Å². The van der Waals surface area contributed by atoms with E-state index in [0.29, 0.717) is 0 Å². The molecule has 0 aliphatic carbocycles. The molecule has 0 spiro atoms. The van der Waals surface area contributed by atoms with E-state index >= 15 is 0 Å². The van der Waals surface area contributed by atoms with Crippen LogP contribution in [0.25, 0.3) is 0 Å². The van der Waals surface area contributed by atoms with Crippen molar-refractivity contribution in [2.75, 3.05) is 0 Å². The minimum absolute atomic E-state index is 1.04. The molecule has 0 fully saturated rings. The minimum atomic E-state index is 1.04. The van der Waals surface area contributed by atoms with E-state index in [0.717, 1.165) is 6.42 Å². The van der Waals surface area contributed by atoms with Gasteiger partial charge in [-0.1, -0.05) is 44.8 Å². The number of allylic oxidation sites excluding steroid dienone is 3. The molecule has 0 atom stereocenters. The van der Waals surface area contributed by atoms with Crippen LogP contribution in [-0.4, -0.2) is 6.21 Å². The van der Waals surface area contributed by atoms with Gasteiger partial charge in [0.05, 0.1) is 0 Å². The molecule has 0 amide bonds. The number of nitrogens with zero attached hydrogens (tertiary/aromatic N) is 1. The first-order valence-electron chi connectivity index (χ1n) is 5.15. The fourth-order valence-electron chi connectivity index (χ4n) is 0.941. The molecule has 74 valence electrons. The second kappa shape index (κ2) is 9.24. The van der Waals surface area contributed by atoms with Crippen molar-refractivity contribution in [3.63, 3.8) is 0 Å². The maximum atomic E-state index is 3.98. The quantitative estimate of drug-likeness (QED) is 0.604. The molecule has 0 aromatic heterocycles. The highest BCUT2D eigenvalue weighted by molar-refractivity contribution is 5.72. The van der Waals surface area contributed by atoms with Crippen LogP contribution >= 0.6 is 0 Å². The fraction of sp³-hybridized carbons (Fsp3) is 0.583. The van der Waals surface area contributed by atoms with Crippen LogP contribution in [0.3, 0.4) is 0 Å². The van der Waals surface area contributed by atoms with Crippen molar-refractivity contribution < 1.29 is 0 Å². The lowest BCUT2D eigenvalue weighted by atomic mass is 10.2. The third kappa shape index (κ3) is 9.06. The Hall–Kier alpha value is -0.850. The highest BCUT2D eigenvalue weighted by Gasteiger charge is 1.84. The van der Waals surface area contributed by atoms with Gasteiger partial charge >= 0.3 is 0 Å². The Bertz CT molecular complexity index is 185. The highest BCUT2D eigenvalue weighted by atomic mass is 14.7. The molecule has 1 rings (SSSR count). The Balaban J connectivity index is 0.000000252. The van der Waals surface area contributed by atoms with Gasteiger partial charge in [0.15, 0.2) is 0 Å². The van der Waals surface area contributed by atoms with Gasteiger partial charge in [0, 0.05) is 12.4 Å². The molecular formula is C12H21N. The molecule has 1 aliphatic heterocycles. The number of rotatable bonds is 2. The van der Waals surface area contributed by atoms with Crippen molar-refractivity contribution in [3.8, 4) is 0 Å². The van der Waals surface area contributed by atoms with Crippen molar-refractivity contribution >= 4 is 6.21 Å². The fourth-order valence-corrected chi connectivity index (χ4v) is 0.941. The monoisotopic (exact) mass is 179 g/mol. The van der Waals surface area contributed by atoms with Crippen LogP contribution in [0.4, 0.5) is 0 Å². The third-order valence-corrected chi connectivity index (χ3v) is 1.75. The molecule has 0 saturated heterocycles. The van der Waals surface area contributed by atoms with Gasteiger partial charge in [-0.2, -0.15) is 0 Å². The predicted molar refractivity (Wildman–Crippen MR) is 61.2 cm³/mol. The molecule has 0 radical (unpaired) electrons. The molecular weight excluding hydrogens is 158 g/mol. The lowest BCUT2D eigenvalue weighted by molar-refractivity contribution is 0.772. The van der Waals surface area contributed by atoms with Gasteiger partial charge in [-0.15, -0.1) is 0 Å². The number of unbranched alkanes of at least 4 members (excludes halogenated alkanes) is 2. The normalized spacial score (nSPS) is 14.2. The molecule has 1 nitrogen and oxygen atoms in total. The minimum Gasteiger partial charge on any atom is -0.265 e. The SMILES string of the molecule is CC1=CN=CC=CC1.CCCCC. The van der Waals surface area contributed by atoms with E-state index in [9.17, 15) is 0 Å². The average molecular weight is 179 g/mol. The van der Waals surface area contributed by atoms with Gasteiger partial charge < -0.3 is 0 Å². The van der Waals surface area contributed by atoms with Crippen molar-refractivity contribution in [3.05, 3.63) is 23.9 Å². The first-order chi connectivity index (χ1) is 6.31. The summed E-state index contributed by atoms with van der Waals surface area (Å²) in [5.41, 5.74) is 1.31. The molecule has 1 heterocycles. The summed E-state index contributed by atoms with van der Waals surface area (Å²) < 4.78 is 0. The zero-order chi connectivity index (χ0) is 9.94. The highest BCUT2D eigenvalue weighted by Crippen LogP contribution is 2.02.